The molecule has 0 spiro atoms. The van der Waals surface area contributed by atoms with Crippen LogP contribution in [0.15, 0.2) is 54.2 Å². The lowest BCUT2D eigenvalue weighted by atomic mass is 10.2. The lowest BCUT2D eigenvalue weighted by Crippen LogP contribution is -2.15. The van der Waals surface area contributed by atoms with Gasteiger partial charge in [-0.05, 0) is 17.0 Å². The number of hydrogen-bond donors (Lipinski definition) is 1. The maximum atomic E-state index is 12.2. The van der Waals surface area contributed by atoms with E-state index in [9.17, 15) is 4.79 Å². The summed E-state index contributed by atoms with van der Waals surface area (Å²) in [5.41, 5.74) is 1.14. The van der Waals surface area contributed by atoms with Crippen molar-refractivity contribution in [2.24, 2.45) is 0 Å². The quantitative estimate of drug-likeness (QED) is 0.793. The molecule has 3 rings (SSSR count). The molecule has 2 heterocycles. The number of anilines is 1. The standard InChI is InChI=1S/C15H12ClN3OS/c16-12-6-9-21-13(12)14(20)18-15-17-7-8-19(15)10-11-4-2-1-3-5-11/h1-9H,10H2,(H,17,18,20). The Hall–Kier alpha value is -2.11. The SMILES string of the molecule is O=C(Nc1nccn1Cc1ccccc1)c1sccc1Cl. The molecule has 6 heteroatoms. The summed E-state index contributed by atoms with van der Waals surface area (Å²) >= 11 is 7.28. The lowest BCUT2D eigenvalue weighted by Gasteiger charge is -2.08. The maximum Gasteiger partial charge on any atom is 0.269 e. The fraction of sp³-hybridized carbons (Fsp3) is 0.0667. The molecule has 0 unspecified atom stereocenters. The maximum absolute atomic E-state index is 12.2. The van der Waals surface area contributed by atoms with Crippen LogP contribution in [0.4, 0.5) is 5.95 Å². The Labute approximate surface area is 131 Å². The topological polar surface area (TPSA) is 46.9 Å². The number of halogens is 1. The van der Waals surface area contributed by atoms with Crippen LogP contribution in [0.1, 0.15) is 15.2 Å². The van der Waals surface area contributed by atoms with E-state index in [-0.39, 0.29) is 5.91 Å². The van der Waals surface area contributed by atoms with Crippen molar-refractivity contribution in [2.45, 2.75) is 6.54 Å². The van der Waals surface area contributed by atoms with Crippen LogP contribution in [0.5, 0.6) is 0 Å². The summed E-state index contributed by atoms with van der Waals surface area (Å²) in [7, 11) is 0. The van der Waals surface area contributed by atoms with Gasteiger partial charge >= 0.3 is 0 Å². The van der Waals surface area contributed by atoms with Gasteiger partial charge in [-0.2, -0.15) is 0 Å². The average Bonchev–Trinajstić information content (AvgIpc) is 3.10. The first-order chi connectivity index (χ1) is 10.2. The number of carbonyl (C=O) groups excluding carboxylic acids is 1. The zero-order valence-corrected chi connectivity index (χ0v) is 12.6. The number of rotatable bonds is 4. The molecular weight excluding hydrogens is 306 g/mol. The van der Waals surface area contributed by atoms with Crippen LogP contribution >= 0.6 is 22.9 Å². The van der Waals surface area contributed by atoms with Crippen molar-refractivity contribution in [3.05, 3.63) is 69.6 Å². The van der Waals surface area contributed by atoms with Gasteiger partial charge in [0.15, 0.2) is 0 Å². The van der Waals surface area contributed by atoms with E-state index in [1.165, 1.54) is 11.3 Å². The first kappa shape index (κ1) is 13.9. The second kappa shape index (κ2) is 6.11. The third-order valence-corrected chi connectivity index (χ3v) is 4.30. The van der Waals surface area contributed by atoms with Crippen LogP contribution in [0.25, 0.3) is 0 Å². The predicted molar refractivity (Wildman–Crippen MR) is 85.1 cm³/mol. The minimum atomic E-state index is -0.240. The van der Waals surface area contributed by atoms with Gasteiger partial charge in [0, 0.05) is 12.4 Å². The zero-order valence-electron chi connectivity index (χ0n) is 11.0. The molecule has 4 nitrogen and oxygen atoms in total. The second-order valence-corrected chi connectivity index (χ2v) is 5.74. The van der Waals surface area contributed by atoms with Gasteiger partial charge in [0.25, 0.3) is 5.91 Å². The van der Waals surface area contributed by atoms with Gasteiger partial charge < -0.3 is 4.57 Å². The summed E-state index contributed by atoms with van der Waals surface area (Å²) in [6.45, 7) is 0.647. The van der Waals surface area contributed by atoms with E-state index in [0.29, 0.717) is 22.4 Å². The largest absolute Gasteiger partial charge is 0.313 e. The predicted octanol–water partition coefficient (Wildman–Crippen LogP) is 3.90. The molecule has 21 heavy (non-hydrogen) atoms. The van der Waals surface area contributed by atoms with E-state index in [0.717, 1.165) is 5.56 Å². The van der Waals surface area contributed by atoms with Crippen molar-refractivity contribution in [3.8, 4) is 0 Å². The van der Waals surface area contributed by atoms with E-state index in [1.807, 2.05) is 41.1 Å². The monoisotopic (exact) mass is 317 g/mol. The number of imidazole rings is 1. The Morgan fingerprint density at radius 1 is 1.29 bits per heavy atom. The molecule has 2 aromatic heterocycles. The summed E-state index contributed by atoms with van der Waals surface area (Å²) in [4.78, 5) is 16.8. The molecule has 0 aliphatic carbocycles. The van der Waals surface area contributed by atoms with Gasteiger partial charge in [-0.15, -0.1) is 11.3 Å². The molecule has 1 N–H and O–H groups in total. The fourth-order valence-electron chi connectivity index (χ4n) is 1.96. The van der Waals surface area contributed by atoms with Crippen LogP contribution < -0.4 is 5.32 Å². The van der Waals surface area contributed by atoms with Gasteiger partial charge in [-0.1, -0.05) is 41.9 Å². The van der Waals surface area contributed by atoms with Gasteiger partial charge in [0.2, 0.25) is 5.95 Å². The highest BCUT2D eigenvalue weighted by molar-refractivity contribution is 7.12. The Bertz CT molecular complexity index is 751. The highest BCUT2D eigenvalue weighted by Crippen LogP contribution is 2.23. The molecule has 0 atom stereocenters. The number of thiophene rings is 1. The number of hydrogen-bond acceptors (Lipinski definition) is 3. The number of aromatic nitrogens is 2. The van der Waals surface area contributed by atoms with Crippen molar-refractivity contribution in [1.82, 2.24) is 9.55 Å². The Kier molecular flexibility index (Phi) is 4.03. The van der Waals surface area contributed by atoms with Crippen molar-refractivity contribution >= 4 is 34.8 Å². The third-order valence-electron chi connectivity index (χ3n) is 2.96. The Morgan fingerprint density at radius 2 is 2.10 bits per heavy atom. The number of benzene rings is 1. The van der Waals surface area contributed by atoms with E-state index < -0.39 is 0 Å². The third kappa shape index (κ3) is 3.15. The summed E-state index contributed by atoms with van der Waals surface area (Å²) < 4.78 is 1.88. The molecule has 106 valence electrons. The smallest absolute Gasteiger partial charge is 0.269 e. The highest BCUT2D eigenvalue weighted by Gasteiger charge is 2.14. The Morgan fingerprint density at radius 3 is 2.81 bits per heavy atom. The van der Waals surface area contributed by atoms with E-state index in [4.69, 9.17) is 11.6 Å². The lowest BCUT2D eigenvalue weighted by molar-refractivity contribution is 0.102. The van der Waals surface area contributed by atoms with E-state index in [2.05, 4.69) is 10.3 Å². The molecule has 0 bridgehead atoms. The molecule has 0 saturated heterocycles. The van der Waals surface area contributed by atoms with Crippen molar-refractivity contribution in [1.29, 1.82) is 0 Å². The average molecular weight is 318 g/mol. The fourth-order valence-corrected chi connectivity index (χ4v) is 2.99. The number of nitrogens with zero attached hydrogens (tertiary/aromatic N) is 2. The molecule has 1 amide bonds. The van der Waals surface area contributed by atoms with Crippen molar-refractivity contribution in [3.63, 3.8) is 0 Å². The number of amides is 1. The molecular formula is C15H12ClN3OS. The van der Waals surface area contributed by atoms with Crippen molar-refractivity contribution < 1.29 is 4.79 Å². The van der Waals surface area contributed by atoms with Crippen LogP contribution in [0, 0.1) is 0 Å². The summed E-state index contributed by atoms with van der Waals surface area (Å²) in [6, 6.07) is 11.7. The van der Waals surface area contributed by atoms with E-state index >= 15 is 0 Å². The first-order valence-electron chi connectivity index (χ1n) is 6.33. The second-order valence-electron chi connectivity index (χ2n) is 4.42. The van der Waals surface area contributed by atoms with Gasteiger partial charge in [-0.3, -0.25) is 10.1 Å². The van der Waals surface area contributed by atoms with E-state index in [1.54, 1.807) is 17.6 Å². The summed E-state index contributed by atoms with van der Waals surface area (Å²) in [5, 5.41) is 5.04. The van der Waals surface area contributed by atoms with Crippen LogP contribution in [0.3, 0.4) is 0 Å². The van der Waals surface area contributed by atoms with Gasteiger partial charge in [-0.25, -0.2) is 4.98 Å². The molecule has 0 aliphatic heterocycles. The zero-order chi connectivity index (χ0) is 14.7. The molecule has 0 aliphatic rings. The van der Waals surface area contributed by atoms with Crippen molar-refractivity contribution in [2.75, 3.05) is 5.32 Å². The van der Waals surface area contributed by atoms with Gasteiger partial charge in [0.05, 0.1) is 11.6 Å². The highest BCUT2D eigenvalue weighted by atomic mass is 35.5. The molecule has 0 saturated carbocycles. The molecule has 0 fully saturated rings. The van der Waals surface area contributed by atoms with Gasteiger partial charge in [0.1, 0.15) is 4.88 Å². The summed E-state index contributed by atoms with van der Waals surface area (Å²) in [5.74, 6) is 0.267. The Balaban J connectivity index is 1.77. The van der Waals surface area contributed by atoms with Crippen LogP contribution in [0.2, 0.25) is 5.02 Å². The molecule has 1 aromatic carbocycles. The molecule has 0 radical (unpaired) electrons. The normalized spacial score (nSPS) is 10.5. The minimum absolute atomic E-state index is 0.240. The number of nitrogens with one attached hydrogen (secondary N) is 1. The minimum Gasteiger partial charge on any atom is -0.313 e. The van der Waals surface area contributed by atoms with Crippen LogP contribution in [-0.2, 0) is 6.54 Å². The molecule has 3 aromatic rings. The first-order valence-corrected chi connectivity index (χ1v) is 7.59. The van der Waals surface area contributed by atoms with Crippen LogP contribution in [-0.4, -0.2) is 15.5 Å². The number of carbonyl (C=O) groups is 1. The summed E-state index contributed by atoms with van der Waals surface area (Å²) in [6.07, 6.45) is 3.49.